The van der Waals surface area contributed by atoms with Crippen LogP contribution in [-0.2, 0) is 6.54 Å². The predicted molar refractivity (Wildman–Crippen MR) is 105 cm³/mol. The molecule has 3 rings (SSSR count). The maximum atomic E-state index is 12.7. The third kappa shape index (κ3) is 4.82. The number of piperidine rings is 1. The first-order valence-electron chi connectivity index (χ1n) is 9.59. The second kappa shape index (κ2) is 8.94. The lowest BCUT2D eigenvalue weighted by Gasteiger charge is -2.32. The Labute approximate surface area is 160 Å². The SMILES string of the molecule is CCNc1ncc(C(=O)N2CCC(c3nccn3CCN(C)C)CC2)cn1. The van der Waals surface area contributed by atoms with Gasteiger partial charge in [-0.1, -0.05) is 0 Å². The van der Waals surface area contributed by atoms with Crippen molar-refractivity contribution in [2.24, 2.45) is 0 Å². The fraction of sp³-hybridized carbons (Fsp3) is 0.579. The van der Waals surface area contributed by atoms with E-state index in [1.165, 1.54) is 0 Å². The minimum Gasteiger partial charge on any atom is -0.355 e. The van der Waals surface area contributed by atoms with Crippen molar-refractivity contribution in [3.63, 3.8) is 0 Å². The molecule has 1 fully saturated rings. The second-order valence-electron chi connectivity index (χ2n) is 7.17. The minimum atomic E-state index is 0.00690. The Morgan fingerprint density at radius 1 is 1.22 bits per heavy atom. The second-order valence-corrected chi connectivity index (χ2v) is 7.17. The molecule has 0 aliphatic carbocycles. The molecule has 0 saturated carbocycles. The summed E-state index contributed by atoms with van der Waals surface area (Å²) in [4.78, 5) is 29.8. The molecular formula is C19H29N7O. The molecule has 1 saturated heterocycles. The van der Waals surface area contributed by atoms with Crippen molar-refractivity contribution in [3.8, 4) is 0 Å². The van der Waals surface area contributed by atoms with Gasteiger partial charge in [0.15, 0.2) is 0 Å². The van der Waals surface area contributed by atoms with Gasteiger partial charge in [0.1, 0.15) is 5.82 Å². The average molecular weight is 371 g/mol. The molecule has 0 bridgehead atoms. The van der Waals surface area contributed by atoms with Crippen molar-refractivity contribution in [1.29, 1.82) is 0 Å². The van der Waals surface area contributed by atoms with Crippen LogP contribution in [0.5, 0.6) is 0 Å². The normalized spacial score (nSPS) is 15.3. The first-order valence-corrected chi connectivity index (χ1v) is 9.59. The van der Waals surface area contributed by atoms with Crippen LogP contribution in [-0.4, -0.2) is 75.5 Å². The summed E-state index contributed by atoms with van der Waals surface area (Å²) in [7, 11) is 4.16. The number of likely N-dealkylation sites (N-methyl/N-ethyl adjacent to an activating group) is 1. The third-order valence-corrected chi connectivity index (χ3v) is 4.92. The highest BCUT2D eigenvalue weighted by molar-refractivity contribution is 5.93. The molecule has 0 aromatic carbocycles. The molecule has 1 aliphatic rings. The molecule has 2 aromatic heterocycles. The summed E-state index contributed by atoms with van der Waals surface area (Å²) in [5, 5.41) is 3.04. The predicted octanol–water partition coefficient (Wildman–Crippen LogP) is 1.69. The van der Waals surface area contributed by atoms with E-state index < -0.39 is 0 Å². The summed E-state index contributed by atoms with van der Waals surface area (Å²) in [6.45, 7) is 6.14. The highest BCUT2D eigenvalue weighted by Gasteiger charge is 2.27. The quantitative estimate of drug-likeness (QED) is 0.798. The highest BCUT2D eigenvalue weighted by atomic mass is 16.2. The number of likely N-dealkylation sites (tertiary alicyclic amines) is 1. The van der Waals surface area contributed by atoms with E-state index in [0.29, 0.717) is 17.4 Å². The molecule has 0 atom stereocenters. The lowest BCUT2D eigenvalue weighted by Crippen LogP contribution is -2.38. The van der Waals surface area contributed by atoms with E-state index in [9.17, 15) is 4.79 Å². The van der Waals surface area contributed by atoms with Crippen LogP contribution < -0.4 is 5.32 Å². The number of amides is 1. The molecule has 0 unspecified atom stereocenters. The average Bonchev–Trinajstić information content (AvgIpc) is 3.15. The number of imidazole rings is 1. The van der Waals surface area contributed by atoms with Crippen LogP contribution in [0.3, 0.4) is 0 Å². The summed E-state index contributed by atoms with van der Waals surface area (Å²) < 4.78 is 2.25. The van der Waals surface area contributed by atoms with Gasteiger partial charge >= 0.3 is 0 Å². The molecule has 1 aliphatic heterocycles. The number of nitrogens with zero attached hydrogens (tertiary/aromatic N) is 6. The summed E-state index contributed by atoms with van der Waals surface area (Å²) in [6, 6.07) is 0. The molecule has 0 radical (unpaired) electrons. The monoisotopic (exact) mass is 371 g/mol. The molecule has 2 aromatic rings. The van der Waals surface area contributed by atoms with E-state index >= 15 is 0 Å². The number of aromatic nitrogens is 4. The largest absolute Gasteiger partial charge is 0.355 e. The van der Waals surface area contributed by atoms with Gasteiger partial charge in [0, 0.05) is 63.4 Å². The van der Waals surface area contributed by atoms with Crippen molar-refractivity contribution in [1.82, 2.24) is 29.3 Å². The van der Waals surface area contributed by atoms with E-state index in [1.807, 2.05) is 18.0 Å². The molecule has 8 nitrogen and oxygen atoms in total. The Hall–Kier alpha value is -2.48. The topological polar surface area (TPSA) is 79.2 Å². The fourth-order valence-corrected chi connectivity index (χ4v) is 3.39. The third-order valence-electron chi connectivity index (χ3n) is 4.92. The van der Waals surface area contributed by atoms with Gasteiger partial charge in [0.25, 0.3) is 5.91 Å². The van der Waals surface area contributed by atoms with E-state index in [1.54, 1.807) is 12.4 Å². The smallest absolute Gasteiger partial charge is 0.256 e. The van der Waals surface area contributed by atoms with E-state index in [2.05, 4.69) is 50.0 Å². The van der Waals surface area contributed by atoms with Gasteiger partial charge in [0.2, 0.25) is 5.95 Å². The van der Waals surface area contributed by atoms with Crippen LogP contribution >= 0.6 is 0 Å². The van der Waals surface area contributed by atoms with Crippen LogP contribution in [0, 0.1) is 0 Å². The number of hydrogen-bond acceptors (Lipinski definition) is 6. The lowest BCUT2D eigenvalue weighted by molar-refractivity contribution is 0.0709. The maximum absolute atomic E-state index is 12.7. The molecule has 27 heavy (non-hydrogen) atoms. The summed E-state index contributed by atoms with van der Waals surface area (Å²) >= 11 is 0. The van der Waals surface area contributed by atoms with Crippen molar-refractivity contribution < 1.29 is 4.79 Å². The first-order chi connectivity index (χ1) is 13.1. The zero-order valence-electron chi connectivity index (χ0n) is 16.4. The molecule has 3 heterocycles. The van der Waals surface area contributed by atoms with Crippen molar-refractivity contribution in [2.45, 2.75) is 32.2 Å². The Morgan fingerprint density at radius 2 is 1.93 bits per heavy atom. The van der Waals surface area contributed by atoms with Gasteiger partial charge < -0.3 is 19.7 Å². The number of nitrogens with one attached hydrogen (secondary N) is 1. The molecule has 1 N–H and O–H groups in total. The van der Waals surface area contributed by atoms with Crippen LogP contribution in [0.15, 0.2) is 24.8 Å². The van der Waals surface area contributed by atoms with Crippen LogP contribution in [0.1, 0.15) is 41.9 Å². The van der Waals surface area contributed by atoms with Crippen molar-refractivity contribution in [3.05, 3.63) is 36.2 Å². The van der Waals surface area contributed by atoms with E-state index in [-0.39, 0.29) is 5.91 Å². The van der Waals surface area contributed by atoms with E-state index in [4.69, 9.17) is 0 Å². The molecule has 1 amide bonds. The number of anilines is 1. The molecular weight excluding hydrogens is 342 g/mol. The highest BCUT2D eigenvalue weighted by Crippen LogP contribution is 2.27. The molecule has 8 heteroatoms. The van der Waals surface area contributed by atoms with Gasteiger partial charge in [-0.2, -0.15) is 0 Å². The zero-order valence-corrected chi connectivity index (χ0v) is 16.4. The Kier molecular flexibility index (Phi) is 6.39. The Bertz CT molecular complexity index is 733. The van der Waals surface area contributed by atoms with Crippen LogP contribution in [0.4, 0.5) is 5.95 Å². The maximum Gasteiger partial charge on any atom is 0.256 e. The van der Waals surface area contributed by atoms with Gasteiger partial charge in [-0.25, -0.2) is 15.0 Å². The van der Waals surface area contributed by atoms with Gasteiger partial charge in [-0.15, -0.1) is 0 Å². The Morgan fingerprint density at radius 3 is 2.56 bits per heavy atom. The summed E-state index contributed by atoms with van der Waals surface area (Å²) in [5.74, 6) is 2.10. The van der Waals surface area contributed by atoms with Gasteiger partial charge in [-0.05, 0) is 33.9 Å². The Balaban J connectivity index is 1.57. The molecule has 146 valence electrons. The fourth-order valence-electron chi connectivity index (χ4n) is 3.39. The zero-order chi connectivity index (χ0) is 19.2. The number of carbonyl (C=O) groups is 1. The lowest BCUT2D eigenvalue weighted by atomic mass is 9.95. The van der Waals surface area contributed by atoms with Crippen molar-refractivity contribution in [2.75, 3.05) is 45.6 Å². The standard InChI is InChI=1S/C19H29N7O/c1-4-20-19-22-13-16(14-23-19)18(27)26-8-5-15(6-9-26)17-21-7-10-25(17)12-11-24(2)3/h7,10,13-15H,4-6,8-9,11-12H2,1-3H3,(H,20,22,23). The van der Waals surface area contributed by atoms with Crippen LogP contribution in [0.25, 0.3) is 0 Å². The molecule has 0 spiro atoms. The van der Waals surface area contributed by atoms with E-state index in [0.717, 1.165) is 51.4 Å². The minimum absolute atomic E-state index is 0.00690. The van der Waals surface area contributed by atoms with Gasteiger partial charge in [0.05, 0.1) is 5.56 Å². The number of hydrogen-bond donors (Lipinski definition) is 1. The first kappa shape index (κ1) is 19.3. The number of carbonyl (C=O) groups excluding carboxylic acids is 1. The van der Waals surface area contributed by atoms with Crippen LogP contribution in [0.2, 0.25) is 0 Å². The summed E-state index contributed by atoms with van der Waals surface area (Å²) in [6.07, 6.45) is 9.01. The van der Waals surface area contributed by atoms with Gasteiger partial charge in [-0.3, -0.25) is 4.79 Å². The number of rotatable bonds is 7. The summed E-state index contributed by atoms with van der Waals surface area (Å²) in [5.41, 5.74) is 0.544. The van der Waals surface area contributed by atoms with Crippen molar-refractivity contribution >= 4 is 11.9 Å².